The number of halogens is 2. The van der Waals surface area contributed by atoms with Gasteiger partial charge >= 0.3 is 5.69 Å². The molecule has 4 aromatic rings. The molecule has 0 spiro atoms. The van der Waals surface area contributed by atoms with Gasteiger partial charge in [-0.3, -0.25) is 4.90 Å². The van der Waals surface area contributed by atoms with Gasteiger partial charge in [-0.05, 0) is 38.0 Å². The largest absolute Gasteiger partial charge is 0.382 e. The predicted molar refractivity (Wildman–Crippen MR) is 145 cm³/mol. The fourth-order valence-electron chi connectivity index (χ4n) is 5.39. The van der Waals surface area contributed by atoms with Crippen LogP contribution in [0.2, 0.25) is 0 Å². The number of aliphatic hydroxyl groups is 1. The first kappa shape index (κ1) is 27.8. The Labute approximate surface area is 231 Å². The number of aryl methyl sites for hydroxylation is 3. The molecule has 40 heavy (non-hydrogen) atoms. The molecule has 0 bridgehead atoms. The number of benzene rings is 2. The van der Waals surface area contributed by atoms with E-state index in [1.165, 1.54) is 28.1 Å². The molecule has 10 nitrogen and oxygen atoms in total. The third-order valence-electron chi connectivity index (χ3n) is 7.46. The van der Waals surface area contributed by atoms with Gasteiger partial charge in [0.25, 0.3) is 0 Å². The second-order valence-electron chi connectivity index (χ2n) is 10.5. The van der Waals surface area contributed by atoms with E-state index in [1.807, 2.05) is 32.0 Å². The molecule has 0 amide bonds. The molecule has 1 saturated heterocycles. The number of β-amino-alcohol motifs (C(OH)–C–C–N with tert-alkyl or cyclic N) is 1. The third kappa shape index (κ3) is 6.19. The van der Waals surface area contributed by atoms with Gasteiger partial charge in [0.15, 0.2) is 0 Å². The SMILES string of the molecule is Cc1ccc(-n2cnn(CCCN3CCN(CC(O)(Cn4cncn4)c4ccc(F)cc4F)CC3)c2=O)c(C)c1. The Morgan fingerprint density at radius 2 is 1.70 bits per heavy atom. The highest BCUT2D eigenvalue weighted by Gasteiger charge is 2.36. The van der Waals surface area contributed by atoms with Gasteiger partial charge in [0, 0.05) is 57.4 Å². The lowest BCUT2D eigenvalue weighted by Crippen LogP contribution is -2.52. The number of piperazine rings is 1. The van der Waals surface area contributed by atoms with Gasteiger partial charge in [-0.25, -0.2) is 32.5 Å². The minimum absolute atomic E-state index is 0.0146. The Hall–Kier alpha value is -3.74. The van der Waals surface area contributed by atoms with Crippen LogP contribution in [0, 0.1) is 25.5 Å². The predicted octanol–water partition coefficient (Wildman–Crippen LogP) is 2.12. The average Bonchev–Trinajstić information content (AvgIpc) is 3.55. The highest BCUT2D eigenvalue weighted by Crippen LogP contribution is 2.28. The van der Waals surface area contributed by atoms with Crippen LogP contribution in [0.4, 0.5) is 8.78 Å². The summed E-state index contributed by atoms with van der Waals surface area (Å²) in [6.45, 7) is 8.32. The summed E-state index contributed by atoms with van der Waals surface area (Å²) >= 11 is 0. The number of nitrogens with zero attached hydrogens (tertiary/aromatic N) is 8. The van der Waals surface area contributed by atoms with Crippen molar-refractivity contribution in [3.8, 4) is 5.69 Å². The molecule has 5 rings (SSSR count). The van der Waals surface area contributed by atoms with Gasteiger partial charge in [0.2, 0.25) is 0 Å². The lowest BCUT2D eigenvalue weighted by molar-refractivity contribution is -0.0319. The Morgan fingerprint density at radius 1 is 0.925 bits per heavy atom. The van der Waals surface area contributed by atoms with E-state index in [2.05, 4.69) is 25.0 Å². The zero-order chi connectivity index (χ0) is 28.3. The molecule has 2 aromatic heterocycles. The van der Waals surface area contributed by atoms with E-state index in [0.29, 0.717) is 19.6 Å². The van der Waals surface area contributed by atoms with Crippen molar-refractivity contribution in [1.29, 1.82) is 0 Å². The first-order valence-electron chi connectivity index (χ1n) is 13.4. The highest BCUT2D eigenvalue weighted by molar-refractivity contribution is 5.42. The summed E-state index contributed by atoms with van der Waals surface area (Å²) < 4.78 is 32.8. The minimum Gasteiger partial charge on any atom is -0.382 e. The van der Waals surface area contributed by atoms with Gasteiger partial charge < -0.3 is 10.0 Å². The van der Waals surface area contributed by atoms with Crippen molar-refractivity contribution < 1.29 is 13.9 Å². The van der Waals surface area contributed by atoms with E-state index < -0.39 is 17.2 Å². The van der Waals surface area contributed by atoms with E-state index >= 15 is 0 Å². The number of aromatic nitrogens is 6. The van der Waals surface area contributed by atoms with Crippen LogP contribution in [0.1, 0.15) is 23.1 Å². The maximum atomic E-state index is 14.7. The van der Waals surface area contributed by atoms with E-state index in [1.54, 1.807) is 10.9 Å². The maximum Gasteiger partial charge on any atom is 0.350 e. The highest BCUT2D eigenvalue weighted by atomic mass is 19.1. The van der Waals surface area contributed by atoms with Crippen LogP contribution in [0.5, 0.6) is 0 Å². The zero-order valence-electron chi connectivity index (χ0n) is 22.7. The smallest absolute Gasteiger partial charge is 0.350 e. The number of hydrogen-bond acceptors (Lipinski definition) is 7. The third-order valence-corrected chi connectivity index (χ3v) is 7.46. The monoisotopic (exact) mass is 552 g/mol. The minimum atomic E-state index is -1.62. The summed E-state index contributed by atoms with van der Waals surface area (Å²) in [7, 11) is 0. The average molecular weight is 553 g/mol. The van der Waals surface area contributed by atoms with E-state index in [4.69, 9.17) is 0 Å². The van der Waals surface area contributed by atoms with E-state index in [0.717, 1.165) is 55.0 Å². The molecule has 1 fully saturated rings. The molecule has 12 heteroatoms. The van der Waals surface area contributed by atoms with Crippen molar-refractivity contribution >= 4 is 0 Å². The number of hydrogen-bond donors (Lipinski definition) is 1. The van der Waals surface area contributed by atoms with Crippen molar-refractivity contribution in [2.24, 2.45) is 0 Å². The molecule has 0 saturated carbocycles. The van der Waals surface area contributed by atoms with Gasteiger partial charge in [0.05, 0.1) is 12.2 Å². The fraction of sp³-hybridized carbons (Fsp3) is 0.429. The summed E-state index contributed by atoms with van der Waals surface area (Å²) in [6.07, 6.45) is 5.15. The summed E-state index contributed by atoms with van der Waals surface area (Å²) in [6, 6.07) is 9.20. The first-order chi connectivity index (χ1) is 19.2. The molecule has 212 valence electrons. The van der Waals surface area contributed by atoms with Crippen molar-refractivity contribution in [2.45, 2.75) is 39.0 Å². The van der Waals surface area contributed by atoms with Crippen molar-refractivity contribution in [2.75, 3.05) is 39.3 Å². The van der Waals surface area contributed by atoms with E-state index in [9.17, 15) is 18.7 Å². The zero-order valence-corrected chi connectivity index (χ0v) is 22.7. The second-order valence-corrected chi connectivity index (χ2v) is 10.5. The fourth-order valence-corrected chi connectivity index (χ4v) is 5.39. The Kier molecular flexibility index (Phi) is 8.19. The molecule has 1 unspecified atom stereocenters. The van der Waals surface area contributed by atoms with Crippen LogP contribution >= 0.6 is 0 Å². The number of rotatable bonds is 10. The standard InChI is InChI=1S/C28H34F2N8O2/c1-21-4-7-26(22(2)14-21)37-20-33-38(27(37)39)9-3-8-34-10-12-35(13-11-34)16-28(40,17-36-19-31-18-32-36)24-6-5-23(29)15-25(24)30/h4-7,14-15,18-20,40H,3,8-13,16-17H2,1-2H3. The van der Waals surface area contributed by atoms with Gasteiger partial charge in [-0.15, -0.1) is 0 Å². The van der Waals surface area contributed by atoms with Crippen LogP contribution in [0.25, 0.3) is 5.69 Å². The molecule has 0 radical (unpaired) electrons. The van der Waals surface area contributed by atoms with Gasteiger partial charge in [0.1, 0.15) is 36.2 Å². The summed E-state index contributed by atoms with van der Waals surface area (Å²) in [4.78, 5) is 21.2. The molecule has 3 heterocycles. The summed E-state index contributed by atoms with van der Waals surface area (Å²) in [5, 5.41) is 20.0. The molecular weight excluding hydrogens is 518 g/mol. The molecule has 1 N–H and O–H groups in total. The van der Waals surface area contributed by atoms with Gasteiger partial charge in [-0.2, -0.15) is 10.2 Å². The van der Waals surface area contributed by atoms with Crippen molar-refractivity contribution in [3.05, 3.63) is 94.2 Å². The Balaban J connectivity index is 1.16. The topological polar surface area (TPSA) is 97.2 Å². The van der Waals surface area contributed by atoms with Crippen LogP contribution in [-0.2, 0) is 18.7 Å². The Bertz CT molecular complexity index is 1490. The van der Waals surface area contributed by atoms with Crippen molar-refractivity contribution in [1.82, 2.24) is 38.9 Å². The summed E-state index contributed by atoms with van der Waals surface area (Å²) in [5.41, 5.74) is 1.25. The van der Waals surface area contributed by atoms with Crippen LogP contribution in [0.15, 0.2) is 60.2 Å². The second kappa shape index (κ2) is 11.8. The molecule has 0 aliphatic carbocycles. The van der Waals surface area contributed by atoms with Crippen LogP contribution < -0.4 is 5.69 Å². The molecule has 2 aromatic carbocycles. The van der Waals surface area contributed by atoms with Crippen LogP contribution in [0.3, 0.4) is 0 Å². The molecule has 1 atom stereocenters. The van der Waals surface area contributed by atoms with Crippen LogP contribution in [-0.4, -0.2) is 83.3 Å². The van der Waals surface area contributed by atoms with E-state index in [-0.39, 0.29) is 24.3 Å². The normalized spacial score (nSPS) is 16.3. The maximum absolute atomic E-state index is 14.7. The van der Waals surface area contributed by atoms with Crippen molar-refractivity contribution in [3.63, 3.8) is 0 Å². The lowest BCUT2D eigenvalue weighted by atomic mass is 9.92. The van der Waals surface area contributed by atoms with Gasteiger partial charge in [-0.1, -0.05) is 23.8 Å². The summed E-state index contributed by atoms with van der Waals surface area (Å²) in [5.74, 6) is -1.49. The quantitative estimate of drug-likeness (QED) is 0.322. The molecular formula is C28H34F2N8O2. The Morgan fingerprint density at radius 3 is 2.40 bits per heavy atom. The first-order valence-corrected chi connectivity index (χ1v) is 13.4. The lowest BCUT2D eigenvalue weighted by Gasteiger charge is -2.39. The molecule has 1 aliphatic rings. The molecule has 1 aliphatic heterocycles.